The van der Waals surface area contributed by atoms with Crippen LogP contribution in [0.3, 0.4) is 0 Å². The van der Waals surface area contributed by atoms with E-state index in [0.717, 1.165) is 5.56 Å². The van der Waals surface area contributed by atoms with Crippen molar-refractivity contribution in [1.29, 1.82) is 0 Å². The summed E-state index contributed by atoms with van der Waals surface area (Å²) in [5, 5.41) is 9.75. The number of rotatable bonds is 8. The van der Waals surface area contributed by atoms with Crippen molar-refractivity contribution in [3.05, 3.63) is 65.7 Å². The molecule has 0 aromatic heterocycles. The molecule has 1 unspecified atom stereocenters. The van der Waals surface area contributed by atoms with E-state index in [9.17, 15) is 9.90 Å². The van der Waals surface area contributed by atoms with E-state index in [-0.39, 0.29) is 6.61 Å². The van der Waals surface area contributed by atoms with Crippen molar-refractivity contribution in [2.45, 2.75) is 19.8 Å². The minimum Gasteiger partial charge on any atom is -0.497 e. The Bertz CT molecular complexity index is 784. The Morgan fingerprint density at radius 2 is 1.88 bits per heavy atom. The molecule has 0 fully saturated rings. The van der Waals surface area contributed by atoms with Crippen LogP contribution >= 0.6 is 0 Å². The van der Waals surface area contributed by atoms with E-state index < -0.39 is 12.3 Å². The third-order valence-electron chi connectivity index (χ3n) is 3.56. The largest absolute Gasteiger partial charge is 0.497 e. The first-order chi connectivity index (χ1) is 12.4. The summed E-state index contributed by atoms with van der Waals surface area (Å²) in [6, 6.07) is 11.8. The van der Waals surface area contributed by atoms with E-state index in [2.05, 4.69) is 6.58 Å². The fourth-order valence-corrected chi connectivity index (χ4v) is 2.11. The van der Waals surface area contributed by atoms with E-state index >= 15 is 0 Å². The van der Waals surface area contributed by atoms with Crippen LogP contribution in [0, 0.1) is 0 Å². The zero-order chi connectivity index (χ0) is 19.1. The number of esters is 1. The molecule has 6 heteroatoms. The number of benzene rings is 2. The van der Waals surface area contributed by atoms with Gasteiger partial charge in [0.15, 0.2) is 11.5 Å². The van der Waals surface area contributed by atoms with Gasteiger partial charge in [0, 0.05) is 0 Å². The second kappa shape index (κ2) is 8.92. The van der Waals surface area contributed by atoms with Crippen molar-refractivity contribution >= 4 is 5.97 Å². The van der Waals surface area contributed by atoms with Crippen molar-refractivity contribution in [3.8, 4) is 17.2 Å². The van der Waals surface area contributed by atoms with Gasteiger partial charge in [0.1, 0.15) is 12.4 Å². The number of hydrogen-bond acceptors (Lipinski definition) is 6. The summed E-state index contributed by atoms with van der Waals surface area (Å²) in [5.74, 6) is 0.796. The summed E-state index contributed by atoms with van der Waals surface area (Å²) in [7, 11) is 3.02. The summed E-state index contributed by atoms with van der Waals surface area (Å²) in [6.45, 7) is 5.38. The number of carbonyl (C=O) groups excluding carboxylic acids is 1. The van der Waals surface area contributed by atoms with Crippen LogP contribution in [0.25, 0.3) is 0 Å². The average molecular weight is 358 g/mol. The molecule has 2 rings (SSSR count). The van der Waals surface area contributed by atoms with Gasteiger partial charge >= 0.3 is 5.97 Å². The molecule has 0 saturated heterocycles. The number of aliphatic hydroxyl groups is 1. The van der Waals surface area contributed by atoms with Gasteiger partial charge in [-0.1, -0.05) is 18.7 Å². The summed E-state index contributed by atoms with van der Waals surface area (Å²) < 4.78 is 21.0. The molecule has 0 heterocycles. The van der Waals surface area contributed by atoms with Crippen molar-refractivity contribution in [1.82, 2.24) is 0 Å². The molecule has 0 radical (unpaired) electrons. The molecule has 0 saturated carbocycles. The fraction of sp³-hybridized carbons (Fsp3) is 0.250. The highest BCUT2D eigenvalue weighted by Crippen LogP contribution is 2.30. The van der Waals surface area contributed by atoms with Gasteiger partial charge in [0.05, 0.1) is 19.8 Å². The Hall–Kier alpha value is -2.99. The zero-order valence-electron chi connectivity index (χ0n) is 15.0. The van der Waals surface area contributed by atoms with Crippen LogP contribution in [-0.4, -0.2) is 31.6 Å². The quantitative estimate of drug-likeness (QED) is 0.443. The standard InChI is InChI=1S/C20H22O6/c1-13(2)19(21)26-17-9-8-15(11-18(17)24-4)20(22)25-12-14-6-5-7-16(10-14)23-3/h5-11,19,21H,1,12H2,2-4H3. The van der Waals surface area contributed by atoms with E-state index in [1.807, 2.05) is 18.2 Å². The number of ether oxygens (including phenoxy) is 4. The number of carbonyl (C=O) groups is 1. The topological polar surface area (TPSA) is 74.2 Å². The third kappa shape index (κ3) is 5.00. The summed E-state index contributed by atoms with van der Waals surface area (Å²) in [6.07, 6.45) is -1.16. The molecule has 0 aliphatic heterocycles. The van der Waals surface area contributed by atoms with Crippen LogP contribution in [-0.2, 0) is 11.3 Å². The van der Waals surface area contributed by atoms with Crippen molar-refractivity contribution in [3.63, 3.8) is 0 Å². The van der Waals surface area contributed by atoms with Crippen LogP contribution < -0.4 is 14.2 Å². The van der Waals surface area contributed by atoms with Gasteiger partial charge in [0.2, 0.25) is 6.29 Å². The van der Waals surface area contributed by atoms with Crippen molar-refractivity contribution < 1.29 is 28.8 Å². The van der Waals surface area contributed by atoms with Gasteiger partial charge in [-0.2, -0.15) is 0 Å². The second-order valence-electron chi connectivity index (χ2n) is 5.61. The fourth-order valence-electron chi connectivity index (χ4n) is 2.11. The summed E-state index contributed by atoms with van der Waals surface area (Å²) in [4.78, 5) is 12.3. The molecule has 26 heavy (non-hydrogen) atoms. The van der Waals surface area contributed by atoms with Gasteiger partial charge in [-0.05, 0) is 48.4 Å². The highest BCUT2D eigenvalue weighted by molar-refractivity contribution is 5.90. The molecule has 0 spiro atoms. The lowest BCUT2D eigenvalue weighted by Gasteiger charge is -2.16. The van der Waals surface area contributed by atoms with Crippen LogP contribution in [0.1, 0.15) is 22.8 Å². The van der Waals surface area contributed by atoms with Gasteiger partial charge in [-0.15, -0.1) is 0 Å². The highest BCUT2D eigenvalue weighted by Gasteiger charge is 2.15. The molecule has 138 valence electrons. The molecule has 0 aliphatic rings. The molecule has 0 bridgehead atoms. The molecule has 6 nitrogen and oxygen atoms in total. The number of hydrogen-bond donors (Lipinski definition) is 1. The van der Waals surface area contributed by atoms with Crippen LogP contribution in [0.15, 0.2) is 54.6 Å². The highest BCUT2D eigenvalue weighted by atomic mass is 16.6. The van der Waals surface area contributed by atoms with Crippen LogP contribution in [0.4, 0.5) is 0 Å². The lowest BCUT2D eigenvalue weighted by Crippen LogP contribution is -2.16. The first-order valence-electron chi connectivity index (χ1n) is 7.92. The monoisotopic (exact) mass is 358 g/mol. The maximum atomic E-state index is 12.3. The average Bonchev–Trinajstić information content (AvgIpc) is 2.66. The molecular formula is C20H22O6. The van der Waals surface area contributed by atoms with E-state index in [1.54, 1.807) is 20.1 Å². The lowest BCUT2D eigenvalue weighted by molar-refractivity contribution is 0.0132. The zero-order valence-corrected chi connectivity index (χ0v) is 15.0. The van der Waals surface area contributed by atoms with E-state index in [1.165, 1.54) is 25.3 Å². The van der Waals surface area contributed by atoms with E-state index in [4.69, 9.17) is 18.9 Å². The number of methoxy groups -OCH3 is 2. The predicted molar refractivity (Wildman–Crippen MR) is 96.6 cm³/mol. The Labute approximate surface area is 152 Å². The van der Waals surface area contributed by atoms with Gasteiger partial charge < -0.3 is 24.1 Å². The molecule has 1 atom stereocenters. The number of aliphatic hydroxyl groups excluding tert-OH is 1. The summed E-state index contributed by atoms with van der Waals surface area (Å²) >= 11 is 0. The third-order valence-corrected chi connectivity index (χ3v) is 3.56. The maximum Gasteiger partial charge on any atom is 0.338 e. The lowest BCUT2D eigenvalue weighted by atomic mass is 10.2. The minimum absolute atomic E-state index is 0.116. The molecule has 2 aromatic rings. The van der Waals surface area contributed by atoms with Gasteiger partial charge in [0.25, 0.3) is 0 Å². The smallest absolute Gasteiger partial charge is 0.338 e. The Balaban J connectivity index is 2.07. The van der Waals surface area contributed by atoms with Crippen molar-refractivity contribution in [2.75, 3.05) is 14.2 Å². The first kappa shape index (κ1) is 19.3. The maximum absolute atomic E-state index is 12.3. The van der Waals surface area contributed by atoms with Crippen LogP contribution in [0.2, 0.25) is 0 Å². The predicted octanol–water partition coefficient (Wildman–Crippen LogP) is 3.33. The molecule has 0 amide bonds. The molecule has 2 aromatic carbocycles. The molecular weight excluding hydrogens is 336 g/mol. The van der Waals surface area contributed by atoms with E-state index in [0.29, 0.717) is 28.4 Å². The minimum atomic E-state index is -1.16. The Morgan fingerprint density at radius 3 is 2.54 bits per heavy atom. The molecule has 0 aliphatic carbocycles. The SMILES string of the molecule is C=C(C)C(O)Oc1ccc(C(=O)OCc2cccc(OC)c2)cc1OC. The van der Waals surface area contributed by atoms with Gasteiger partial charge in [-0.25, -0.2) is 4.79 Å². The summed E-state index contributed by atoms with van der Waals surface area (Å²) in [5.41, 5.74) is 1.57. The second-order valence-corrected chi connectivity index (χ2v) is 5.61. The Kier molecular flexibility index (Phi) is 6.63. The Morgan fingerprint density at radius 1 is 1.12 bits per heavy atom. The van der Waals surface area contributed by atoms with Crippen molar-refractivity contribution in [2.24, 2.45) is 0 Å². The van der Waals surface area contributed by atoms with Crippen LogP contribution in [0.5, 0.6) is 17.2 Å². The first-order valence-corrected chi connectivity index (χ1v) is 7.92. The molecule has 1 N–H and O–H groups in total. The normalized spacial score (nSPS) is 11.4. The van der Waals surface area contributed by atoms with Gasteiger partial charge in [-0.3, -0.25) is 0 Å².